The summed E-state index contributed by atoms with van der Waals surface area (Å²) >= 11 is 0. The zero-order chi connectivity index (χ0) is 13.9. The first-order valence-electron chi connectivity index (χ1n) is 7.59. The fourth-order valence-electron chi connectivity index (χ4n) is 3.37. The van der Waals surface area contributed by atoms with Gasteiger partial charge in [0.15, 0.2) is 0 Å². The smallest absolute Gasteiger partial charge is 0.0992 e. The quantitative estimate of drug-likeness (QED) is 0.908. The Balaban J connectivity index is 1.87. The van der Waals surface area contributed by atoms with Crippen LogP contribution in [0.1, 0.15) is 33.1 Å². The highest BCUT2D eigenvalue weighted by molar-refractivity contribution is 5.61. The molecule has 1 fully saturated rings. The fourth-order valence-corrected chi connectivity index (χ4v) is 3.37. The maximum Gasteiger partial charge on any atom is 0.0992 e. The van der Waals surface area contributed by atoms with Gasteiger partial charge in [0.1, 0.15) is 0 Å². The number of nitrogens with zero attached hydrogens (tertiary/aromatic N) is 2. The molecule has 1 aromatic heterocycles. The Morgan fingerprint density at radius 2 is 1.90 bits per heavy atom. The summed E-state index contributed by atoms with van der Waals surface area (Å²) < 4.78 is 2.07. The van der Waals surface area contributed by atoms with Gasteiger partial charge >= 0.3 is 0 Å². The third kappa shape index (κ3) is 2.58. The van der Waals surface area contributed by atoms with Crippen LogP contribution in [-0.2, 0) is 0 Å². The molecule has 3 heteroatoms. The van der Waals surface area contributed by atoms with Gasteiger partial charge in [-0.3, -0.25) is 0 Å². The lowest BCUT2D eigenvalue weighted by atomic mass is 9.78. The van der Waals surface area contributed by atoms with Gasteiger partial charge in [0.2, 0.25) is 0 Å². The first kappa shape index (κ1) is 13.2. The summed E-state index contributed by atoms with van der Waals surface area (Å²) in [5.41, 5.74) is 2.38. The van der Waals surface area contributed by atoms with Gasteiger partial charge in [-0.15, -0.1) is 0 Å². The van der Waals surface area contributed by atoms with Crippen molar-refractivity contribution in [1.82, 2.24) is 9.55 Å². The van der Waals surface area contributed by atoms with Crippen molar-refractivity contribution in [3.8, 4) is 5.69 Å². The largest absolute Gasteiger partial charge is 0.380 e. The van der Waals surface area contributed by atoms with Crippen molar-refractivity contribution in [2.75, 3.05) is 5.32 Å². The first-order valence-corrected chi connectivity index (χ1v) is 7.59. The summed E-state index contributed by atoms with van der Waals surface area (Å²) in [5.74, 6) is 1.46. The molecule has 20 heavy (non-hydrogen) atoms. The molecule has 1 N–H and O–H groups in total. The Hall–Kier alpha value is -1.77. The molecule has 0 amide bonds. The van der Waals surface area contributed by atoms with Crippen LogP contribution < -0.4 is 5.32 Å². The standard InChI is InChI=1S/C17H23N3/c1-13-6-5-7-14(2)17(13)19-15-8-3-4-9-16(15)20-11-10-18-12-20/h3-4,8-14,17,19H,5-7H2,1-2H3. The second-order valence-corrected chi connectivity index (χ2v) is 6.04. The van der Waals surface area contributed by atoms with Crippen LogP contribution in [0.25, 0.3) is 5.69 Å². The Kier molecular flexibility index (Phi) is 3.77. The van der Waals surface area contributed by atoms with Crippen molar-refractivity contribution in [2.45, 2.75) is 39.2 Å². The predicted octanol–water partition coefficient (Wildman–Crippen LogP) is 4.11. The van der Waals surface area contributed by atoms with Gasteiger partial charge in [-0.25, -0.2) is 4.98 Å². The Labute approximate surface area is 121 Å². The fraction of sp³-hybridized carbons (Fsp3) is 0.471. The number of benzene rings is 1. The van der Waals surface area contributed by atoms with E-state index in [2.05, 4.69) is 53.0 Å². The van der Waals surface area contributed by atoms with Crippen LogP contribution in [0.2, 0.25) is 0 Å². The molecule has 3 rings (SSSR count). The molecule has 2 unspecified atom stereocenters. The molecular weight excluding hydrogens is 246 g/mol. The lowest BCUT2D eigenvalue weighted by Gasteiger charge is -2.36. The van der Waals surface area contributed by atoms with Gasteiger partial charge in [-0.05, 0) is 36.8 Å². The molecule has 0 saturated heterocycles. The molecule has 3 nitrogen and oxygen atoms in total. The number of imidazole rings is 1. The van der Waals surface area contributed by atoms with Crippen LogP contribution in [0.3, 0.4) is 0 Å². The molecule has 1 saturated carbocycles. The van der Waals surface area contributed by atoms with Crippen LogP contribution >= 0.6 is 0 Å². The molecule has 0 bridgehead atoms. The van der Waals surface area contributed by atoms with Gasteiger partial charge in [-0.2, -0.15) is 0 Å². The van der Waals surface area contributed by atoms with E-state index < -0.39 is 0 Å². The molecule has 1 aliphatic rings. The highest BCUT2D eigenvalue weighted by atomic mass is 15.1. The molecule has 1 aliphatic carbocycles. The summed E-state index contributed by atoms with van der Waals surface area (Å²) in [6.45, 7) is 4.74. The van der Waals surface area contributed by atoms with Gasteiger partial charge in [0.05, 0.1) is 17.7 Å². The minimum absolute atomic E-state index is 0.563. The van der Waals surface area contributed by atoms with Crippen LogP contribution in [0.15, 0.2) is 43.0 Å². The second-order valence-electron chi connectivity index (χ2n) is 6.04. The summed E-state index contributed by atoms with van der Waals surface area (Å²) in [6.07, 6.45) is 9.69. The normalized spacial score (nSPS) is 26.4. The number of hydrogen-bond donors (Lipinski definition) is 1. The van der Waals surface area contributed by atoms with E-state index in [9.17, 15) is 0 Å². The van der Waals surface area contributed by atoms with Crippen molar-refractivity contribution in [1.29, 1.82) is 0 Å². The molecule has 2 aromatic rings. The number of nitrogens with one attached hydrogen (secondary N) is 1. The lowest BCUT2D eigenvalue weighted by Crippen LogP contribution is -2.37. The van der Waals surface area contributed by atoms with E-state index in [0.717, 1.165) is 11.8 Å². The van der Waals surface area contributed by atoms with Crippen molar-refractivity contribution in [2.24, 2.45) is 11.8 Å². The van der Waals surface area contributed by atoms with Gasteiger partial charge in [0, 0.05) is 18.4 Å². The minimum atomic E-state index is 0.563. The predicted molar refractivity (Wildman–Crippen MR) is 83.2 cm³/mol. The van der Waals surface area contributed by atoms with Crippen molar-refractivity contribution in [3.63, 3.8) is 0 Å². The van der Waals surface area contributed by atoms with Crippen molar-refractivity contribution >= 4 is 5.69 Å². The molecule has 2 atom stereocenters. The number of anilines is 1. The van der Waals surface area contributed by atoms with E-state index >= 15 is 0 Å². The van der Waals surface area contributed by atoms with Crippen LogP contribution in [0, 0.1) is 11.8 Å². The third-order valence-electron chi connectivity index (χ3n) is 4.55. The Bertz CT molecular complexity index is 537. The molecule has 0 aliphatic heterocycles. The molecule has 1 heterocycles. The first-order chi connectivity index (χ1) is 9.75. The maximum absolute atomic E-state index is 4.15. The van der Waals surface area contributed by atoms with E-state index in [1.54, 1.807) is 0 Å². The van der Waals surface area contributed by atoms with Crippen LogP contribution in [0.4, 0.5) is 5.69 Å². The Morgan fingerprint density at radius 3 is 2.60 bits per heavy atom. The van der Waals surface area contributed by atoms with Gasteiger partial charge in [-0.1, -0.05) is 32.4 Å². The summed E-state index contributed by atoms with van der Waals surface area (Å²) in [4.78, 5) is 4.15. The third-order valence-corrected chi connectivity index (χ3v) is 4.55. The van der Waals surface area contributed by atoms with Crippen molar-refractivity contribution < 1.29 is 0 Å². The van der Waals surface area contributed by atoms with Gasteiger partial charge in [0.25, 0.3) is 0 Å². The highest BCUT2D eigenvalue weighted by Crippen LogP contribution is 2.32. The highest BCUT2D eigenvalue weighted by Gasteiger charge is 2.27. The molecule has 1 aromatic carbocycles. The molecular formula is C17H23N3. The average Bonchev–Trinajstić information content (AvgIpc) is 2.97. The SMILES string of the molecule is CC1CCCC(C)C1Nc1ccccc1-n1ccnc1. The van der Waals surface area contributed by atoms with E-state index in [1.165, 1.54) is 30.6 Å². The minimum Gasteiger partial charge on any atom is -0.380 e. The zero-order valence-electron chi connectivity index (χ0n) is 12.3. The number of hydrogen-bond acceptors (Lipinski definition) is 2. The number of para-hydroxylation sites is 2. The summed E-state index contributed by atoms with van der Waals surface area (Å²) in [6, 6.07) is 9.05. The zero-order valence-corrected chi connectivity index (χ0v) is 12.3. The molecule has 0 spiro atoms. The lowest BCUT2D eigenvalue weighted by molar-refractivity contribution is 0.268. The van der Waals surface area contributed by atoms with Crippen LogP contribution in [-0.4, -0.2) is 15.6 Å². The molecule has 0 radical (unpaired) electrons. The number of aromatic nitrogens is 2. The molecule has 106 valence electrons. The second kappa shape index (κ2) is 5.70. The topological polar surface area (TPSA) is 29.9 Å². The summed E-state index contributed by atoms with van der Waals surface area (Å²) in [5, 5.41) is 3.79. The van der Waals surface area contributed by atoms with E-state index in [1.807, 2.05) is 18.7 Å². The van der Waals surface area contributed by atoms with E-state index in [4.69, 9.17) is 0 Å². The van der Waals surface area contributed by atoms with E-state index in [-0.39, 0.29) is 0 Å². The van der Waals surface area contributed by atoms with Gasteiger partial charge < -0.3 is 9.88 Å². The van der Waals surface area contributed by atoms with Crippen molar-refractivity contribution in [3.05, 3.63) is 43.0 Å². The monoisotopic (exact) mass is 269 g/mol. The Morgan fingerprint density at radius 1 is 1.15 bits per heavy atom. The average molecular weight is 269 g/mol. The maximum atomic E-state index is 4.15. The number of rotatable bonds is 3. The summed E-state index contributed by atoms with van der Waals surface area (Å²) in [7, 11) is 0. The van der Waals surface area contributed by atoms with Crippen LogP contribution in [0.5, 0.6) is 0 Å². The van der Waals surface area contributed by atoms with E-state index in [0.29, 0.717) is 6.04 Å².